The highest BCUT2D eigenvalue weighted by Crippen LogP contribution is 2.27. The molecule has 23 heavy (non-hydrogen) atoms. The van der Waals surface area contributed by atoms with Gasteiger partial charge in [-0.2, -0.15) is 0 Å². The highest BCUT2D eigenvalue weighted by molar-refractivity contribution is 5.20. The van der Waals surface area contributed by atoms with E-state index in [1.807, 2.05) is 24.3 Å². The normalized spacial score (nSPS) is 23.9. The van der Waals surface area contributed by atoms with Crippen LogP contribution in [-0.4, -0.2) is 6.54 Å². The van der Waals surface area contributed by atoms with Gasteiger partial charge < -0.3 is 9.15 Å². The van der Waals surface area contributed by atoms with Gasteiger partial charge in [0.15, 0.2) is 5.76 Å². The van der Waals surface area contributed by atoms with Crippen LogP contribution in [0.15, 0.2) is 83.5 Å². The number of furan rings is 1. The SMILES string of the molecule is c1ccc(C2C[NH+](Cc3ccco3)C(c3ccccc3)O2)cc1. The van der Waals surface area contributed by atoms with Crippen LogP contribution in [0.2, 0.25) is 0 Å². The Morgan fingerprint density at radius 2 is 1.52 bits per heavy atom. The Bertz CT molecular complexity index is 725. The van der Waals surface area contributed by atoms with Crippen LogP contribution in [0.25, 0.3) is 0 Å². The van der Waals surface area contributed by atoms with E-state index < -0.39 is 0 Å². The summed E-state index contributed by atoms with van der Waals surface area (Å²) < 4.78 is 12.0. The predicted molar refractivity (Wildman–Crippen MR) is 87.7 cm³/mol. The summed E-state index contributed by atoms with van der Waals surface area (Å²) in [4.78, 5) is 1.38. The van der Waals surface area contributed by atoms with Crippen molar-refractivity contribution in [2.24, 2.45) is 0 Å². The zero-order valence-corrected chi connectivity index (χ0v) is 12.9. The molecular weight excluding hydrogens is 286 g/mol. The van der Waals surface area contributed by atoms with Gasteiger partial charge in [-0.15, -0.1) is 0 Å². The molecule has 0 saturated carbocycles. The molecule has 1 saturated heterocycles. The van der Waals surface area contributed by atoms with Crippen LogP contribution in [0.3, 0.4) is 0 Å². The minimum Gasteiger partial charge on any atom is -0.463 e. The number of quaternary nitrogens is 1. The average Bonchev–Trinajstić information content (AvgIpc) is 3.27. The van der Waals surface area contributed by atoms with Crippen molar-refractivity contribution in [1.82, 2.24) is 0 Å². The molecule has 3 unspecified atom stereocenters. The maximum absolute atomic E-state index is 6.42. The number of ether oxygens (including phenoxy) is 1. The van der Waals surface area contributed by atoms with Crippen LogP contribution >= 0.6 is 0 Å². The van der Waals surface area contributed by atoms with E-state index in [0.717, 1.165) is 18.8 Å². The summed E-state index contributed by atoms with van der Waals surface area (Å²) in [5.41, 5.74) is 2.45. The quantitative estimate of drug-likeness (QED) is 0.801. The van der Waals surface area contributed by atoms with Crippen molar-refractivity contribution < 1.29 is 14.1 Å². The molecule has 0 aliphatic carbocycles. The second kappa shape index (κ2) is 6.41. The first-order chi connectivity index (χ1) is 11.4. The fourth-order valence-electron chi connectivity index (χ4n) is 3.26. The lowest BCUT2D eigenvalue weighted by Crippen LogP contribution is -3.09. The van der Waals surface area contributed by atoms with Crippen LogP contribution < -0.4 is 4.90 Å². The summed E-state index contributed by atoms with van der Waals surface area (Å²) in [6, 6.07) is 24.9. The third kappa shape index (κ3) is 3.07. The number of hydrogen-bond donors (Lipinski definition) is 1. The maximum atomic E-state index is 6.42. The zero-order chi connectivity index (χ0) is 15.5. The van der Waals surface area contributed by atoms with Gasteiger partial charge in [0, 0.05) is 5.56 Å². The van der Waals surface area contributed by atoms with Crippen molar-refractivity contribution in [1.29, 1.82) is 0 Å². The molecular formula is C20H20NO2+. The lowest BCUT2D eigenvalue weighted by Gasteiger charge is -2.18. The van der Waals surface area contributed by atoms with Gasteiger partial charge in [-0.3, -0.25) is 4.90 Å². The third-order valence-corrected chi connectivity index (χ3v) is 4.37. The molecule has 4 rings (SSSR count). The first-order valence-corrected chi connectivity index (χ1v) is 8.02. The maximum Gasteiger partial charge on any atom is 0.219 e. The average molecular weight is 306 g/mol. The highest BCUT2D eigenvalue weighted by Gasteiger charge is 2.38. The summed E-state index contributed by atoms with van der Waals surface area (Å²) in [6.07, 6.45) is 1.88. The summed E-state index contributed by atoms with van der Waals surface area (Å²) in [6.45, 7) is 1.76. The highest BCUT2D eigenvalue weighted by atomic mass is 16.5. The van der Waals surface area contributed by atoms with E-state index >= 15 is 0 Å². The van der Waals surface area contributed by atoms with Gasteiger partial charge in [-0.05, 0) is 17.7 Å². The molecule has 3 heteroatoms. The molecule has 3 nitrogen and oxygen atoms in total. The summed E-state index contributed by atoms with van der Waals surface area (Å²) in [7, 11) is 0. The van der Waals surface area contributed by atoms with Crippen LogP contribution in [0.4, 0.5) is 0 Å². The van der Waals surface area contributed by atoms with Crippen molar-refractivity contribution in [3.05, 3.63) is 95.9 Å². The molecule has 0 radical (unpaired) electrons. The van der Waals surface area contributed by atoms with Crippen molar-refractivity contribution in [2.75, 3.05) is 6.54 Å². The van der Waals surface area contributed by atoms with Gasteiger partial charge in [-0.25, -0.2) is 0 Å². The lowest BCUT2D eigenvalue weighted by molar-refractivity contribution is -0.946. The van der Waals surface area contributed by atoms with E-state index in [9.17, 15) is 0 Å². The molecule has 1 aromatic heterocycles. The van der Waals surface area contributed by atoms with Gasteiger partial charge in [-0.1, -0.05) is 60.7 Å². The molecule has 1 aliphatic rings. The van der Waals surface area contributed by atoms with Crippen molar-refractivity contribution >= 4 is 0 Å². The van der Waals surface area contributed by atoms with E-state index in [1.54, 1.807) is 6.26 Å². The van der Waals surface area contributed by atoms with E-state index in [0.29, 0.717) is 0 Å². The molecule has 116 valence electrons. The summed E-state index contributed by atoms with van der Waals surface area (Å²) in [5, 5.41) is 0. The van der Waals surface area contributed by atoms with Crippen LogP contribution in [-0.2, 0) is 11.3 Å². The number of nitrogens with one attached hydrogen (secondary N) is 1. The molecule has 3 aromatic rings. The minimum absolute atomic E-state index is 0.0338. The summed E-state index contributed by atoms with van der Waals surface area (Å²) in [5.74, 6) is 0.998. The standard InChI is InChI=1S/C20H19NO2/c1-3-8-16(9-4-1)19-15-21(14-18-12-7-13-22-18)20(23-19)17-10-5-2-6-11-17/h1-13,19-20H,14-15H2/p+1. The van der Waals surface area contributed by atoms with Gasteiger partial charge >= 0.3 is 0 Å². The van der Waals surface area contributed by atoms with Gasteiger partial charge in [0.2, 0.25) is 6.23 Å². The van der Waals surface area contributed by atoms with Gasteiger partial charge in [0.05, 0.1) is 6.26 Å². The Hall–Kier alpha value is -2.36. The van der Waals surface area contributed by atoms with Crippen LogP contribution in [0, 0.1) is 0 Å². The van der Waals surface area contributed by atoms with Crippen molar-refractivity contribution in [3.63, 3.8) is 0 Å². The molecule has 1 aliphatic heterocycles. The minimum atomic E-state index is 0.0338. The fourth-order valence-corrected chi connectivity index (χ4v) is 3.26. The monoisotopic (exact) mass is 306 g/mol. The molecule has 0 amide bonds. The van der Waals surface area contributed by atoms with Gasteiger partial charge in [0.1, 0.15) is 19.2 Å². The topological polar surface area (TPSA) is 26.8 Å². The zero-order valence-electron chi connectivity index (χ0n) is 12.9. The fraction of sp³-hybridized carbons (Fsp3) is 0.200. The molecule has 1 fully saturated rings. The number of hydrogen-bond acceptors (Lipinski definition) is 2. The Balaban J connectivity index is 1.61. The lowest BCUT2D eigenvalue weighted by atomic mass is 10.1. The second-order valence-electron chi connectivity index (χ2n) is 5.94. The molecule has 0 spiro atoms. The Morgan fingerprint density at radius 1 is 0.826 bits per heavy atom. The van der Waals surface area contributed by atoms with Gasteiger partial charge in [0.25, 0.3) is 0 Å². The van der Waals surface area contributed by atoms with E-state index in [1.165, 1.54) is 16.0 Å². The Morgan fingerprint density at radius 3 is 2.17 bits per heavy atom. The van der Waals surface area contributed by atoms with Crippen LogP contribution in [0.1, 0.15) is 29.2 Å². The predicted octanol–water partition coefficient (Wildman–Crippen LogP) is 3.13. The van der Waals surface area contributed by atoms with Crippen molar-refractivity contribution in [3.8, 4) is 0 Å². The van der Waals surface area contributed by atoms with E-state index in [4.69, 9.17) is 9.15 Å². The largest absolute Gasteiger partial charge is 0.463 e. The smallest absolute Gasteiger partial charge is 0.219 e. The Kier molecular flexibility index (Phi) is 3.97. The molecule has 1 N–H and O–H groups in total. The second-order valence-corrected chi connectivity index (χ2v) is 5.94. The van der Waals surface area contributed by atoms with E-state index in [-0.39, 0.29) is 12.3 Å². The van der Waals surface area contributed by atoms with Crippen LogP contribution in [0.5, 0.6) is 0 Å². The molecule has 0 bridgehead atoms. The number of rotatable bonds is 4. The molecule has 2 heterocycles. The Labute approximate surface area is 136 Å². The molecule has 3 atom stereocenters. The van der Waals surface area contributed by atoms with Crippen molar-refractivity contribution in [2.45, 2.75) is 18.9 Å². The summed E-state index contributed by atoms with van der Waals surface area (Å²) >= 11 is 0. The first kappa shape index (κ1) is 14.2. The van der Waals surface area contributed by atoms with E-state index in [2.05, 4.69) is 48.5 Å². The first-order valence-electron chi connectivity index (χ1n) is 8.02. The third-order valence-electron chi connectivity index (χ3n) is 4.37. The number of benzene rings is 2. The molecule has 2 aromatic carbocycles.